The highest BCUT2D eigenvalue weighted by Crippen LogP contribution is 2.35. The predicted octanol–water partition coefficient (Wildman–Crippen LogP) is 2.63. The number of nitrogens with one attached hydrogen (secondary N) is 1. The molecule has 1 atom stereocenters. The molecule has 2 amide bonds. The van der Waals surface area contributed by atoms with Gasteiger partial charge in [-0.05, 0) is 37.5 Å². The molecule has 1 unspecified atom stereocenters. The zero-order valence-corrected chi connectivity index (χ0v) is 15.1. The lowest BCUT2D eigenvalue weighted by Gasteiger charge is -2.31. The number of primary amides is 1. The standard InChI is InChI=1S/C18H24F3N3O3/c1-2-8-27-15-6-5-13(18(19,20)21)9-14(15)23-10-16(25)24-7-3-4-12(11-24)17(22)26/h5-6,9,12,23H,2-4,7-8,10-11H2,1H3,(H2,22,26). The maximum Gasteiger partial charge on any atom is 0.416 e. The minimum atomic E-state index is -4.49. The van der Waals surface area contributed by atoms with Crippen molar-refractivity contribution in [3.05, 3.63) is 23.8 Å². The summed E-state index contributed by atoms with van der Waals surface area (Å²) in [5.41, 5.74) is 4.58. The molecular formula is C18H24F3N3O3. The van der Waals surface area contributed by atoms with Crippen LogP contribution in [0.4, 0.5) is 18.9 Å². The van der Waals surface area contributed by atoms with E-state index in [1.807, 2.05) is 6.92 Å². The highest BCUT2D eigenvalue weighted by Gasteiger charge is 2.31. The Morgan fingerprint density at radius 2 is 2.11 bits per heavy atom. The number of amides is 2. The van der Waals surface area contributed by atoms with E-state index in [-0.39, 0.29) is 36.4 Å². The zero-order valence-electron chi connectivity index (χ0n) is 15.1. The van der Waals surface area contributed by atoms with Gasteiger partial charge in [0.25, 0.3) is 0 Å². The van der Waals surface area contributed by atoms with Gasteiger partial charge in [0.1, 0.15) is 5.75 Å². The lowest BCUT2D eigenvalue weighted by atomic mass is 9.97. The third-order valence-corrected chi connectivity index (χ3v) is 4.38. The van der Waals surface area contributed by atoms with E-state index in [0.717, 1.165) is 12.1 Å². The fourth-order valence-corrected chi connectivity index (χ4v) is 2.90. The van der Waals surface area contributed by atoms with Crippen molar-refractivity contribution in [1.29, 1.82) is 0 Å². The molecule has 1 fully saturated rings. The number of nitrogens with two attached hydrogens (primary N) is 1. The van der Waals surface area contributed by atoms with Crippen LogP contribution in [0.15, 0.2) is 18.2 Å². The fraction of sp³-hybridized carbons (Fsp3) is 0.556. The normalized spacial score (nSPS) is 17.5. The fourth-order valence-electron chi connectivity index (χ4n) is 2.90. The topological polar surface area (TPSA) is 84.7 Å². The molecule has 1 aliphatic rings. The van der Waals surface area contributed by atoms with Crippen LogP contribution in [-0.2, 0) is 15.8 Å². The van der Waals surface area contributed by atoms with E-state index >= 15 is 0 Å². The highest BCUT2D eigenvalue weighted by atomic mass is 19.4. The van der Waals surface area contributed by atoms with Crippen LogP contribution in [-0.4, -0.2) is 43.0 Å². The Morgan fingerprint density at radius 1 is 1.37 bits per heavy atom. The first-order chi connectivity index (χ1) is 12.7. The molecule has 1 saturated heterocycles. The van der Waals surface area contributed by atoms with Crippen molar-refractivity contribution >= 4 is 17.5 Å². The van der Waals surface area contributed by atoms with Gasteiger partial charge in [0.05, 0.1) is 30.3 Å². The van der Waals surface area contributed by atoms with Gasteiger partial charge in [-0.2, -0.15) is 13.2 Å². The average Bonchev–Trinajstić information content (AvgIpc) is 2.63. The number of carbonyl (C=O) groups is 2. The smallest absolute Gasteiger partial charge is 0.416 e. The Hall–Kier alpha value is -2.45. The van der Waals surface area contributed by atoms with Gasteiger partial charge in [-0.3, -0.25) is 9.59 Å². The van der Waals surface area contributed by atoms with Crippen molar-refractivity contribution in [2.75, 3.05) is 31.6 Å². The first-order valence-corrected chi connectivity index (χ1v) is 8.87. The van der Waals surface area contributed by atoms with Crippen molar-refractivity contribution in [1.82, 2.24) is 4.90 Å². The van der Waals surface area contributed by atoms with Crippen molar-refractivity contribution < 1.29 is 27.5 Å². The van der Waals surface area contributed by atoms with E-state index in [0.29, 0.717) is 32.4 Å². The summed E-state index contributed by atoms with van der Waals surface area (Å²) in [5, 5.41) is 2.74. The molecule has 0 aromatic heterocycles. The van der Waals surface area contributed by atoms with Crippen LogP contribution in [0.2, 0.25) is 0 Å². The molecule has 0 radical (unpaired) electrons. The highest BCUT2D eigenvalue weighted by molar-refractivity contribution is 5.83. The van der Waals surface area contributed by atoms with Crippen molar-refractivity contribution in [3.8, 4) is 5.75 Å². The van der Waals surface area contributed by atoms with E-state index in [2.05, 4.69) is 5.32 Å². The van der Waals surface area contributed by atoms with Gasteiger partial charge < -0.3 is 20.7 Å². The maximum atomic E-state index is 13.0. The number of carbonyl (C=O) groups excluding carboxylic acids is 2. The number of halogens is 3. The number of hydrogen-bond acceptors (Lipinski definition) is 4. The van der Waals surface area contributed by atoms with Crippen LogP contribution in [0.5, 0.6) is 5.75 Å². The van der Waals surface area contributed by atoms with Crippen LogP contribution in [0.1, 0.15) is 31.7 Å². The van der Waals surface area contributed by atoms with Gasteiger partial charge in [0.2, 0.25) is 11.8 Å². The number of alkyl halides is 3. The number of nitrogens with zero attached hydrogens (tertiary/aromatic N) is 1. The summed E-state index contributed by atoms with van der Waals surface area (Å²) in [6, 6.07) is 3.12. The minimum absolute atomic E-state index is 0.107. The number of piperidine rings is 1. The van der Waals surface area contributed by atoms with E-state index in [1.165, 1.54) is 11.0 Å². The predicted molar refractivity (Wildman–Crippen MR) is 94.2 cm³/mol. The van der Waals surface area contributed by atoms with Crippen LogP contribution in [0.25, 0.3) is 0 Å². The molecular weight excluding hydrogens is 363 g/mol. The number of anilines is 1. The quantitative estimate of drug-likeness (QED) is 0.753. The third-order valence-electron chi connectivity index (χ3n) is 4.38. The summed E-state index contributed by atoms with van der Waals surface area (Å²) in [7, 11) is 0. The Bertz CT molecular complexity index is 680. The molecule has 0 aliphatic carbocycles. The number of ether oxygens (including phenoxy) is 1. The number of hydrogen-bond donors (Lipinski definition) is 2. The van der Waals surface area contributed by atoms with Crippen LogP contribution < -0.4 is 15.8 Å². The molecule has 0 bridgehead atoms. The molecule has 6 nitrogen and oxygen atoms in total. The molecule has 1 heterocycles. The van der Waals surface area contributed by atoms with Gasteiger partial charge in [-0.15, -0.1) is 0 Å². The molecule has 9 heteroatoms. The summed E-state index contributed by atoms with van der Waals surface area (Å²) in [6.07, 6.45) is -2.50. The Morgan fingerprint density at radius 3 is 2.74 bits per heavy atom. The minimum Gasteiger partial charge on any atom is -0.491 e. The first kappa shape index (κ1) is 20.9. The largest absolute Gasteiger partial charge is 0.491 e. The van der Waals surface area contributed by atoms with E-state index in [1.54, 1.807) is 0 Å². The van der Waals surface area contributed by atoms with E-state index in [4.69, 9.17) is 10.5 Å². The first-order valence-electron chi connectivity index (χ1n) is 8.87. The van der Waals surface area contributed by atoms with Crippen LogP contribution in [0, 0.1) is 5.92 Å². The molecule has 150 valence electrons. The van der Waals surface area contributed by atoms with Crippen molar-refractivity contribution in [2.24, 2.45) is 11.7 Å². The molecule has 0 saturated carbocycles. The second kappa shape index (κ2) is 8.96. The molecule has 0 spiro atoms. The van der Waals surface area contributed by atoms with Gasteiger partial charge in [0.15, 0.2) is 0 Å². The number of benzene rings is 1. The van der Waals surface area contributed by atoms with Gasteiger partial charge >= 0.3 is 6.18 Å². The molecule has 1 aromatic rings. The van der Waals surface area contributed by atoms with Gasteiger partial charge in [-0.1, -0.05) is 6.92 Å². The number of rotatable bonds is 7. The van der Waals surface area contributed by atoms with E-state index < -0.39 is 17.6 Å². The van der Waals surface area contributed by atoms with Crippen LogP contribution >= 0.6 is 0 Å². The van der Waals surface area contributed by atoms with Crippen molar-refractivity contribution in [3.63, 3.8) is 0 Å². The lowest BCUT2D eigenvalue weighted by molar-refractivity contribution is -0.137. The molecule has 27 heavy (non-hydrogen) atoms. The Balaban J connectivity index is 2.08. The summed E-state index contributed by atoms with van der Waals surface area (Å²) in [6.45, 7) is 2.76. The third kappa shape index (κ3) is 5.77. The summed E-state index contributed by atoms with van der Waals surface area (Å²) in [4.78, 5) is 25.2. The van der Waals surface area contributed by atoms with Gasteiger partial charge in [-0.25, -0.2) is 0 Å². The van der Waals surface area contributed by atoms with Gasteiger partial charge in [0, 0.05) is 13.1 Å². The van der Waals surface area contributed by atoms with Crippen molar-refractivity contribution in [2.45, 2.75) is 32.4 Å². The van der Waals surface area contributed by atoms with Crippen LogP contribution in [0.3, 0.4) is 0 Å². The zero-order chi connectivity index (χ0) is 20.0. The molecule has 1 aromatic carbocycles. The monoisotopic (exact) mass is 387 g/mol. The molecule has 2 rings (SSSR count). The van der Waals surface area contributed by atoms with E-state index in [9.17, 15) is 22.8 Å². The molecule has 1 aliphatic heterocycles. The second-order valence-corrected chi connectivity index (χ2v) is 6.49. The number of likely N-dealkylation sites (tertiary alicyclic amines) is 1. The SMILES string of the molecule is CCCOc1ccc(C(F)(F)F)cc1NCC(=O)N1CCCC(C(N)=O)C1. The maximum absolute atomic E-state index is 13.0. The Labute approximate surface area is 155 Å². The Kier molecular flexibility index (Phi) is 6.92. The molecule has 3 N–H and O–H groups in total. The second-order valence-electron chi connectivity index (χ2n) is 6.49. The lowest BCUT2D eigenvalue weighted by Crippen LogP contribution is -2.46. The summed E-state index contributed by atoms with van der Waals surface area (Å²) < 4.78 is 44.4. The summed E-state index contributed by atoms with van der Waals surface area (Å²) in [5.74, 6) is -0.889. The summed E-state index contributed by atoms with van der Waals surface area (Å²) >= 11 is 0. The average molecular weight is 387 g/mol.